The van der Waals surface area contributed by atoms with Crippen LogP contribution in [0.3, 0.4) is 0 Å². The van der Waals surface area contributed by atoms with Gasteiger partial charge in [0.2, 0.25) is 0 Å². The predicted octanol–water partition coefficient (Wildman–Crippen LogP) is 2.93. The van der Waals surface area contributed by atoms with Crippen LogP contribution in [0.5, 0.6) is 0 Å². The van der Waals surface area contributed by atoms with Gasteiger partial charge < -0.3 is 9.73 Å². The average molecular weight is 279 g/mol. The monoisotopic (exact) mass is 278 g/mol. The fourth-order valence-electron chi connectivity index (χ4n) is 1.84. The smallest absolute Gasteiger partial charge is 0.193 e. The normalized spacial score (nSPS) is 16.9. The Morgan fingerprint density at radius 3 is 2.76 bits per heavy atom. The highest BCUT2D eigenvalue weighted by Gasteiger charge is 2.28. The lowest BCUT2D eigenvalue weighted by molar-refractivity contribution is 0.239. The Labute approximate surface area is 114 Å². The maximum absolute atomic E-state index is 5.70. The molecule has 17 heavy (non-hydrogen) atoms. The highest BCUT2D eigenvalue weighted by Crippen LogP contribution is 2.26. The van der Waals surface area contributed by atoms with Crippen LogP contribution in [0.2, 0.25) is 5.22 Å². The molecule has 1 atom stereocenters. The van der Waals surface area contributed by atoms with Crippen LogP contribution in [0.4, 0.5) is 0 Å². The molecular weight excluding hydrogens is 259 g/mol. The summed E-state index contributed by atoms with van der Waals surface area (Å²) in [6.45, 7) is 3.97. The summed E-state index contributed by atoms with van der Waals surface area (Å²) in [7, 11) is 2.20. The molecule has 1 aromatic rings. The second-order valence-electron chi connectivity index (χ2n) is 4.58. The summed E-state index contributed by atoms with van der Waals surface area (Å²) >= 11 is 5.70. The zero-order chi connectivity index (χ0) is 11.5. The minimum absolute atomic E-state index is 0. The number of rotatable bonds is 6. The molecule has 1 aromatic heterocycles. The Kier molecular flexibility index (Phi) is 5.80. The predicted molar refractivity (Wildman–Crippen MR) is 72.9 cm³/mol. The lowest BCUT2D eigenvalue weighted by atomic mass is 10.3. The molecule has 1 aliphatic rings. The topological polar surface area (TPSA) is 28.4 Å². The van der Waals surface area contributed by atoms with Gasteiger partial charge in [-0.1, -0.05) is 0 Å². The summed E-state index contributed by atoms with van der Waals surface area (Å²) in [6, 6.07) is 5.07. The van der Waals surface area contributed by atoms with Crippen molar-refractivity contribution in [1.29, 1.82) is 0 Å². The highest BCUT2D eigenvalue weighted by atomic mass is 35.5. The van der Waals surface area contributed by atoms with Crippen molar-refractivity contribution in [3.05, 3.63) is 23.1 Å². The number of halogens is 2. The number of likely N-dealkylation sites (N-methyl/N-ethyl adjacent to an activating group) is 1. The van der Waals surface area contributed by atoms with E-state index in [4.69, 9.17) is 16.0 Å². The van der Waals surface area contributed by atoms with E-state index in [1.807, 2.05) is 6.07 Å². The zero-order valence-corrected chi connectivity index (χ0v) is 11.9. The van der Waals surface area contributed by atoms with Gasteiger partial charge >= 0.3 is 0 Å². The second kappa shape index (κ2) is 6.64. The van der Waals surface area contributed by atoms with E-state index in [1.54, 1.807) is 6.07 Å². The first-order chi connectivity index (χ1) is 7.66. The fourth-order valence-corrected chi connectivity index (χ4v) is 2.00. The summed E-state index contributed by atoms with van der Waals surface area (Å²) in [6.07, 6.45) is 2.71. The molecule has 0 aliphatic heterocycles. The minimum Gasteiger partial charge on any atom is -0.448 e. The Bertz CT molecular complexity index is 339. The van der Waals surface area contributed by atoms with Crippen LogP contribution in [-0.2, 0) is 6.54 Å². The largest absolute Gasteiger partial charge is 0.448 e. The quantitative estimate of drug-likeness (QED) is 0.868. The highest BCUT2D eigenvalue weighted by molar-refractivity contribution is 6.28. The van der Waals surface area contributed by atoms with E-state index in [0.717, 1.165) is 24.9 Å². The number of furan rings is 1. The Hall–Kier alpha value is -0.220. The molecule has 0 bridgehead atoms. The van der Waals surface area contributed by atoms with Crippen molar-refractivity contribution in [2.75, 3.05) is 13.6 Å². The average Bonchev–Trinajstić information content (AvgIpc) is 3.02. The van der Waals surface area contributed by atoms with Gasteiger partial charge in [0, 0.05) is 18.6 Å². The SMILES string of the molecule is CC(CNCc1ccc(Cl)o1)N(C)C1CC1.Cl. The molecule has 0 aromatic carbocycles. The van der Waals surface area contributed by atoms with E-state index in [-0.39, 0.29) is 12.4 Å². The van der Waals surface area contributed by atoms with Crippen molar-refractivity contribution in [2.24, 2.45) is 0 Å². The van der Waals surface area contributed by atoms with Crippen molar-refractivity contribution in [3.8, 4) is 0 Å². The molecule has 0 spiro atoms. The molecule has 0 saturated heterocycles. The van der Waals surface area contributed by atoms with Crippen LogP contribution in [0.1, 0.15) is 25.5 Å². The second-order valence-corrected chi connectivity index (χ2v) is 4.95. The van der Waals surface area contributed by atoms with Crippen molar-refractivity contribution in [2.45, 2.75) is 38.4 Å². The number of nitrogens with one attached hydrogen (secondary N) is 1. The third-order valence-corrected chi connectivity index (χ3v) is 3.39. The molecule has 0 amide bonds. The van der Waals surface area contributed by atoms with E-state index >= 15 is 0 Å². The molecular formula is C12H20Cl2N2O. The van der Waals surface area contributed by atoms with E-state index in [2.05, 4.69) is 24.2 Å². The number of nitrogens with zero attached hydrogens (tertiary/aromatic N) is 1. The van der Waals surface area contributed by atoms with Gasteiger partial charge in [-0.25, -0.2) is 0 Å². The lowest BCUT2D eigenvalue weighted by Gasteiger charge is -2.24. The van der Waals surface area contributed by atoms with Gasteiger partial charge in [0.25, 0.3) is 0 Å². The molecule has 1 saturated carbocycles. The van der Waals surface area contributed by atoms with Crippen molar-refractivity contribution in [1.82, 2.24) is 10.2 Å². The molecule has 98 valence electrons. The zero-order valence-electron chi connectivity index (χ0n) is 10.3. The van der Waals surface area contributed by atoms with Crippen molar-refractivity contribution >= 4 is 24.0 Å². The summed E-state index contributed by atoms with van der Waals surface area (Å²) in [5.41, 5.74) is 0. The molecule has 5 heteroatoms. The lowest BCUT2D eigenvalue weighted by Crippen LogP contribution is -2.38. The molecule has 1 heterocycles. The van der Waals surface area contributed by atoms with Gasteiger partial charge in [-0.2, -0.15) is 0 Å². The molecule has 2 rings (SSSR count). The van der Waals surface area contributed by atoms with E-state index in [9.17, 15) is 0 Å². The molecule has 1 fully saturated rings. The summed E-state index contributed by atoms with van der Waals surface area (Å²) in [5.74, 6) is 0.895. The Morgan fingerprint density at radius 2 is 2.24 bits per heavy atom. The first-order valence-electron chi connectivity index (χ1n) is 5.83. The van der Waals surface area contributed by atoms with Gasteiger partial charge in [0.1, 0.15) is 5.76 Å². The van der Waals surface area contributed by atoms with Crippen LogP contribution < -0.4 is 5.32 Å². The van der Waals surface area contributed by atoms with Crippen LogP contribution in [0, 0.1) is 0 Å². The van der Waals surface area contributed by atoms with Crippen molar-refractivity contribution < 1.29 is 4.42 Å². The van der Waals surface area contributed by atoms with Crippen LogP contribution in [0.15, 0.2) is 16.5 Å². The van der Waals surface area contributed by atoms with Crippen LogP contribution in [-0.4, -0.2) is 30.6 Å². The van der Waals surface area contributed by atoms with Gasteiger partial charge in [-0.05, 0) is 50.5 Å². The third-order valence-electron chi connectivity index (χ3n) is 3.19. The number of hydrogen-bond donors (Lipinski definition) is 1. The van der Waals surface area contributed by atoms with Crippen LogP contribution >= 0.6 is 24.0 Å². The maximum atomic E-state index is 5.70. The molecule has 0 radical (unpaired) electrons. The van der Waals surface area contributed by atoms with E-state index in [1.165, 1.54) is 12.8 Å². The Morgan fingerprint density at radius 1 is 1.53 bits per heavy atom. The summed E-state index contributed by atoms with van der Waals surface area (Å²) in [5, 5.41) is 3.84. The molecule has 1 unspecified atom stereocenters. The first kappa shape index (κ1) is 14.8. The van der Waals surface area contributed by atoms with Crippen LogP contribution in [0.25, 0.3) is 0 Å². The summed E-state index contributed by atoms with van der Waals surface area (Å²) < 4.78 is 5.27. The third kappa shape index (κ3) is 4.51. The fraction of sp³-hybridized carbons (Fsp3) is 0.667. The van der Waals surface area contributed by atoms with E-state index in [0.29, 0.717) is 11.3 Å². The van der Waals surface area contributed by atoms with Gasteiger partial charge in [0.15, 0.2) is 5.22 Å². The standard InChI is InChI=1S/C12H19ClN2O.ClH/c1-9(15(2)10-3-4-10)7-14-8-11-5-6-12(13)16-11;/h5-6,9-10,14H,3-4,7-8H2,1-2H3;1H. The van der Waals surface area contributed by atoms with E-state index < -0.39 is 0 Å². The minimum atomic E-state index is 0. The van der Waals surface area contributed by atoms with Gasteiger partial charge in [-0.15, -0.1) is 12.4 Å². The number of hydrogen-bond acceptors (Lipinski definition) is 3. The van der Waals surface area contributed by atoms with Gasteiger partial charge in [-0.3, -0.25) is 4.90 Å². The molecule has 3 nitrogen and oxygen atoms in total. The van der Waals surface area contributed by atoms with Gasteiger partial charge in [0.05, 0.1) is 6.54 Å². The Balaban J connectivity index is 0.00000144. The molecule has 1 N–H and O–H groups in total. The summed E-state index contributed by atoms with van der Waals surface area (Å²) in [4.78, 5) is 2.45. The first-order valence-corrected chi connectivity index (χ1v) is 6.21. The maximum Gasteiger partial charge on any atom is 0.193 e. The van der Waals surface area contributed by atoms with Crippen molar-refractivity contribution in [3.63, 3.8) is 0 Å². The molecule has 1 aliphatic carbocycles.